The van der Waals surface area contributed by atoms with Crippen molar-refractivity contribution >= 4 is 21.8 Å². The van der Waals surface area contributed by atoms with E-state index in [1.807, 2.05) is 13.0 Å². The van der Waals surface area contributed by atoms with Crippen molar-refractivity contribution in [1.82, 2.24) is 4.90 Å². The first-order valence-corrected chi connectivity index (χ1v) is 6.58. The van der Waals surface area contributed by atoms with Gasteiger partial charge in [0.05, 0.1) is 12.7 Å². The van der Waals surface area contributed by atoms with Gasteiger partial charge in [0.1, 0.15) is 0 Å². The first kappa shape index (κ1) is 12.6. The van der Waals surface area contributed by atoms with E-state index in [9.17, 15) is 4.79 Å². The molecule has 1 fully saturated rings. The fourth-order valence-electron chi connectivity index (χ4n) is 1.95. The molecular weight excluding hydrogens is 286 g/mol. The maximum absolute atomic E-state index is 12.3. The van der Waals surface area contributed by atoms with E-state index in [-0.39, 0.29) is 12.0 Å². The molecule has 0 bridgehead atoms. The lowest BCUT2D eigenvalue weighted by molar-refractivity contribution is -0.0236. The van der Waals surface area contributed by atoms with Gasteiger partial charge in [-0.15, -0.1) is 0 Å². The van der Waals surface area contributed by atoms with Gasteiger partial charge in [0.25, 0.3) is 5.91 Å². The molecule has 2 rings (SSSR count). The fraction of sp³-hybridized carbons (Fsp3) is 0.583. The van der Waals surface area contributed by atoms with Gasteiger partial charge >= 0.3 is 0 Å². The van der Waals surface area contributed by atoms with E-state index in [1.54, 1.807) is 4.90 Å². The second kappa shape index (κ2) is 5.23. The van der Waals surface area contributed by atoms with Gasteiger partial charge in [0.2, 0.25) is 0 Å². The Labute approximate surface area is 109 Å². The van der Waals surface area contributed by atoms with E-state index in [0.717, 1.165) is 12.0 Å². The van der Waals surface area contributed by atoms with Crippen molar-refractivity contribution in [2.75, 3.05) is 19.7 Å². The normalized spacial score (nSPS) is 20.6. The molecule has 94 valence electrons. The first-order chi connectivity index (χ1) is 8.11. The molecule has 17 heavy (non-hydrogen) atoms. The van der Waals surface area contributed by atoms with E-state index < -0.39 is 0 Å². The zero-order valence-corrected chi connectivity index (χ0v) is 11.6. The molecule has 1 saturated heterocycles. The SMILES string of the molecule is CCC1CN(C(=O)c2oc(Br)cc2C)CCO1. The maximum atomic E-state index is 12.3. The number of rotatable bonds is 2. The molecule has 0 radical (unpaired) electrons. The van der Waals surface area contributed by atoms with Crippen LogP contribution in [0.3, 0.4) is 0 Å². The van der Waals surface area contributed by atoms with Crippen LogP contribution in [-0.4, -0.2) is 36.6 Å². The highest BCUT2D eigenvalue weighted by Crippen LogP contribution is 2.22. The Morgan fingerprint density at radius 2 is 2.41 bits per heavy atom. The number of nitrogens with zero attached hydrogens (tertiary/aromatic N) is 1. The zero-order valence-electron chi connectivity index (χ0n) is 10.0. The molecular formula is C12H16BrNO3. The number of amides is 1. The van der Waals surface area contributed by atoms with Gasteiger partial charge in [-0.3, -0.25) is 4.79 Å². The summed E-state index contributed by atoms with van der Waals surface area (Å²) in [5.74, 6) is 0.378. The van der Waals surface area contributed by atoms with Crippen molar-refractivity contribution in [2.45, 2.75) is 26.4 Å². The third-order valence-corrected chi connectivity index (χ3v) is 3.35. The minimum Gasteiger partial charge on any atom is -0.444 e. The van der Waals surface area contributed by atoms with Crippen LogP contribution >= 0.6 is 15.9 Å². The van der Waals surface area contributed by atoms with E-state index in [0.29, 0.717) is 30.1 Å². The monoisotopic (exact) mass is 301 g/mol. The highest BCUT2D eigenvalue weighted by atomic mass is 79.9. The molecule has 0 N–H and O–H groups in total. The van der Waals surface area contributed by atoms with Crippen LogP contribution in [0.1, 0.15) is 29.5 Å². The number of halogens is 1. The number of morpholine rings is 1. The molecule has 0 aliphatic carbocycles. The molecule has 4 nitrogen and oxygen atoms in total. The highest BCUT2D eigenvalue weighted by Gasteiger charge is 2.27. The third kappa shape index (κ3) is 2.72. The lowest BCUT2D eigenvalue weighted by atomic mass is 10.2. The Morgan fingerprint density at radius 3 is 3.00 bits per heavy atom. The van der Waals surface area contributed by atoms with Gasteiger partial charge < -0.3 is 14.1 Å². The average Bonchev–Trinajstić information content (AvgIpc) is 2.67. The van der Waals surface area contributed by atoms with Gasteiger partial charge in [-0.2, -0.15) is 0 Å². The van der Waals surface area contributed by atoms with Crippen molar-refractivity contribution in [2.24, 2.45) is 0 Å². The quantitative estimate of drug-likeness (QED) is 0.843. The summed E-state index contributed by atoms with van der Waals surface area (Å²) in [5, 5.41) is 0. The maximum Gasteiger partial charge on any atom is 0.290 e. The zero-order chi connectivity index (χ0) is 12.4. The third-order valence-electron chi connectivity index (χ3n) is 2.96. The number of hydrogen-bond acceptors (Lipinski definition) is 3. The van der Waals surface area contributed by atoms with Crippen molar-refractivity contribution in [1.29, 1.82) is 0 Å². The Kier molecular flexibility index (Phi) is 3.89. The lowest BCUT2D eigenvalue weighted by Crippen LogP contribution is -2.45. The van der Waals surface area contributed by atoms with Crippen molar-refractivity contribution in [3.63, 3.8) is 0 Å². The molecule has 1 atom stereocenters. The van der Waals surface area contributed by atoms with Crippen LogP contribution in [0.5, 0.6) is 0 Å². The number of ether oxygens (including phenoxy) is 1. The van der Waals surface area contributed by atoms with Crippen LogP contribution in [0, 0.1) is 6.92 Å². The van der Waals surface area contributed by atoms with Crippen LogP contribution in [0.25, 0.3) is 0 Å². The summed E-state index contributed by atoms with van der Waals surface area (Å²) >= 11 is 3.24. The van der Waals surface area contributed by atoms with E-state index in [2.05, 4.69) is 22.9 Å². The van der Waals surface area contributed by atoms with Crippen molar-refractivity contribution < 1.29 is 13.9 Å². The molecule has 1 amide bonds. The molecule has 1 aliphatic heterocycles. The summed E-state index contributed by atoms with van der Waals surface area (Å²) in [6.07, 6.45) is 1.07. The fourth-order valence-corrected chi connectivity index (χ4v) is 2.46. The van der Waals surface area contributed by atoms with Gasteiger partial charge in [-0.25, -0.2) is 0 Å². The van der Waals surface area contributed by atoms with Crippen molar-refractivity contribution in [3.8, 4) is 0 Å². The molecule has 1 aromatic rings. The summed E-state index contributed by atoms with van der Waals surface area (Å²) in [5.41, 5.74) is 0.862. The molecule has 1 unspecified atom stereocenters. The first-order valence-electron chi connectivity index (χ1n) is 5.78. The van der Waals surface area contributed by atoms with Gasteiger partial charge in [-0.1, -0.05) is 6.92 Å². The number of hydrogen-bond donors (Lipinski definition) is 0. The number of aryl methyl sites for hydroxylation is 1. The summed E-state index contributed by atoms with van der Waals surface area (Å²) in [6, 6.07) is 1.81. The number of carbonyl (C=O) groups is 1. The number of furan rings is 1. The van der Waals surface area contributed by atoms with E-state index >= 15 is 0 Å². The summed E-state index contributed by atoms with van der Waals surface area (Å²) in [7, 11) is 0. The van der Waals surface area contributed by atoms with Crippen LogP contribution in [0.15, 0.2) is 15.2 Å². The van der Waals surface area contributed by atoms with E-state index in [4.69, 9.17) is 9.15 Å². The minimum absolute atomic E-state index is 0.0463. The molecule has 0 saturated carbocycles. The Bertz CT molecular complexity index is 416. The average molecular weight is 302 g/mol. The molecule has 0 aromatic carbocycles. The largest absolute Gasteiger partial charge is 0.444 e. The minimum atomic E-state index is -0.0463. The van der Waals surface area contributed by atoms with Gasteiger partial charge in [0.15, 0.2) is 10.4 Å². The highest BCUT2D eigenvalue weighted by molar-refractivity contribution is 9.10. The lowest BCUT2D eigenvalue weighted by Gasteiger charge is -2.32. The predicted octanol–water partition coefficient (Wildman–Crippen LogP) is 2.60. The summed E-state index contributed by atoms with van der Waals surface area (Å²) < 4.78 is 11.5. The smallest absolute Gasteiger partial charge is 0.290 e. The molecule has 0 spiro atoms. The summed E-state index contributed by atoms with van der Waals surface area (Å²) in [4.78, 5) is 14.1. The molecule has 1 aromatic heterocycles. The second-order valence-electron chi connectivity index (χ2n) is 4.21. The van der Waals surface area contributed by atoms with Gasteiger partial charge in [0, 0.05) is 18.7 Å². The van der Waals surface area contributed by atoms with Gasteiger partial charge in [-0.05, 0) is 35.3 Å². The Hall–Kier alpha value is -0.810. The van der Waals surface area contributed by atoms with Crippen LogP contribution < -0.4 is 0 Å². The van der Waals surface area contributed by atoms with Crippen LogP contribution in [0.2, 0.25) is 0 Å². The number of carbonyl (C=O) groups excluding carboxylic acids is 1. The molecule has 2 heterocycles. The van der Waals surface area contributed by atoms with Crippen molar-refractivity contribution in [3.05, 3.63) is 22.1 Å². The Morgan fingerprint density at radius 1 is 1.65 bits per heavy atom. The molecule has 1 aliphatic rings. The Balaban J connectivity index is 2.12. The standard InChI is InChI=1S/C12H16BrNO3/c1-3-9-7-14(4-5-16-9)12(15)11-8(2)6-10(13)17-11/h6,9H,3-5,7H2,1-2H3. The second-order valence-corrected chi connectivity index (χ2v) is 5.00. The topological polar surface area (TPSA) is 42.7 Å². The van der Waals surface area contributed by atoms with Crippen LogP contribution in [-0.2, 0) is 4.74 Å². The predicted molar refractivity (Wildman–Crippen MR) is 67.1 cm³/mol. The van der Waals surface area contributed by atoms with Crippen LogP contribution in [0.4, 0.5) is 0 Å². The van der Waals surface area contributed by atoms with E-state index in [1.165, 1.54) is 0 Å². The molecule has 5 heteroatoms. The summed E-state index contributed by atoms with van der Waals surface area (Å²) in [6.45, 7) is 5.82.